The molecule has 1 rings (SSSR count). The third kappa shape index (κ3) is 13.2. The molecule has 1 atom stereocenters. The van der Waals surface area contributed by atoms with Gasteiger partial charge in [0.05, 0.1) is 16.8 Å². The van der Waals surface area contributed by atoms with Gasteiger partial charge in [-0.05, 0) is 105 Å². The number of hydrogen-bond donors (Lipinski definition) is 1. The summed E-state index contributed by atoms with van der Waals surface area (Å²) in [6.45, 7) is 12.7. The van der Waals surface area contributed by atoms with Crippen LogP contribution in [0.3, 0.4) is 0 Å². The minimum absolute atomic E-state index is 0.0739. The Kier molecular flexibility index (Phi) is 15.3. The molecule has 0 saturated carbocycles. The van der Waals surface area contributed by atoms with E-state index in [0.29, 0.717) is 11.3 Å². The molecule has 1 N–H and O–H groups in total. The fourth-order valence-electron chi connectivity index (χ4n) is 4.03. The van der Waals surface area contributed by atoms with Gasteiger partial charge in [0.2, 0.25) is 0 Å². The van der Waals surface area contributed by atoms with E-state index in [-0.39, 0.29) is 6.61 Å². The van der Waals surface area contributed by atoms with E-state index in [9.17, 15) is 8.42 Å². The third-order valence-corrected chi connectivity index (χ3v) is 8.46. The molecule has 0 saturated heterocycles. The lowest BCUT2D eigenvalue weighted by molar-refractivity contribution is 0.341. The van der Waals surface area contributed by atoms with Crippen LogP contribution in [0.5, 0.6) is 0 Å². The van der Waals surface area contributed by atoms with Crippen LogP contribution in [0.15, 0.2) is 93.5 Å². The Hall–Kier alpha value is -2.17. The van der Waals surface area contributed by atoms with Gasteiger partial charge in [0.15, 0.2) is 9.84 Å². The molecule has 0 radical (unpaired) electrons. The van der Waals surface area contributed by atoms with Gasteiger partial charge in [-0.3, -0.25) is 0 Å². The van der Waals surface area contributed by atoms with E-state index >= 15 is 0 Å². The summed E-state index contributed by atoms with van der Waals surface area (Å²) in [6, 6.07) is 8.82. The fourth-order valence-corrected chi connectivity index (χ4v) is 5.75. The molecule has 0 aliphatic rings. The summed E-state index contributed by atoms with van der Waals surface area (Å²) in [7, 11) is -3.46. The van der Waals surface area contributed by atoms with Gasteiger partial charge < -0.3 is 5.11 Å². The summed E-state index contributed by atoms with van der Waals surface area (Å²) in [5, 5.41) is 8.47. The van der Waals surface area contributed by atoms with Crippen LogP contribution in [0.1, 0.15) is 92.9 Å². The Morgan fingerprint density at radius 1 is 0.722 bits per heavy atom. The Morgan fingerprint density at radius 2 is 1.22 bits per heavy atom. The number of aliphatic hydroxyl groups excluding tert-OH is 1. The SMILES string of the molecule is CC(C)=CCC/C(C)=C/CC/C(C)=C/C(CC/C(C)=C/CC/C(C)=C/CO)S(=O)(=O)c1ccccc1. The molecule has 200 valence electrons. The Morgan fingerprint density at radius 3 is 1.78 bits per heavy atom. The van der Waals surface area contributed by atoms with E-state index in [0.717, 1.165) is 50.5 Å². The van der Waals surface area contributed by atoms with Crippen molar-refractivity contribution >= 4 is 9.84 Å². The van der Waals surface area contributed by atoms with Crippen molar-refractivity contribution in [1.29, 1.82) is 0 Å². The molecular formula is C32H48O3S. The maximum absolute atomic E-state index is 13.5. The summed E-state index contributed by atoms with van der Waals surface area (Å²) >= 11 is 0. The van der Waals surface area contributed by atoms with E-state index in [2.05, 4.69) is 52.8 Å². The van der Waals surface area contributed by atoms with Crippen molar-refractivity contribution in [2.75, 3.05) is 6.61 Å². The second-order valence-corrected chi connectivity index (χ2v) is 12.3. The first-order valence-electron chi connectivity index (χ1n) is 13.2. The number of rotatable bonds is 16. The minimum Gasteiger partial charge on any atom is -0.392 e. The molecule has 0 spiro atoms. The van der Waals surface area contributed by atoms with Crippen molar-refractivity contribution in [3.05, 3.63) is 88.6 Å². The molecule has 0 fully saturated rings. The second-order valence-electron chi connectivity index (χ2n) is 10.2. The van der Waals surface area contributed by atoms with Gasteiger partial charge in [0.1, 0.15) is 0 Å². The van der Waals surface area contributed by atoms with Gasteiger partial charge in [-0.1, -0.05) is 76.4 Å². The highest BCUT2D eigenvalue weighted by Gasteiger charge is 2.25. The van der Waals surface area contributed by atoms with Gasteiger partial charge in [0, 0.05) is 0 Å². The molecule has 1 aromatic rings. The van der Waals surface area contributed by atoms with Gasteiger partial charge >= 0.3 is 0 Å². The quantitative estimate of drug-likeness (QED) is 0.225. The molecule has 0 aromatic heterocycles. The molecule has 36 heavy (non-hydrogen) atoms. The van der Waals surface area contributed by atoms with Crippen molar-refractivity contribution in [3.8, 4) is 0 Å². The first-order valence-corrected chi connectivity index (χ1v) is 14.8. The molecule has 0 aliphatic carbocycles. The highest BCUT2D eigenvalue weighted by Crippen LogP contribution is 2.25. The van der Waals surface area contributed by atoms with Crippen molar-refractivity contribution in [1.82, 2.24) is 0 Å². The first kappa shape index (κ1) is 31.9. The third-order valence-electron chi connectivity index (χ3n) is 6.36. The summed E-state index contributed by atoms with van der Waals surface area (Å²) in [4.78, 5) is 0.389. The predicted molar refractivity (Wildman–Crippen MR) is 156 cm³/mol. The predicted octanol–water partition coefficient (Wildman–Crippen LogP) is 8.69. The summed E-state index contributed by atoms with van der Waals surface area (Å²) in [5.74, 6) is 0. The number of aliphatic hydroxyl groups is 1. The van der Waals surface area contributed by atoms with Crippen LogP contribution < -0.4 is 0 Å². The first-order chi connectivity index (χ1) is 17.1. The van der Waals surface area contributed by atoms with Crippen LogP contribution in [0, 0.1) is 0 Å². The highest BCUT2D eigenvalue weighted by atomic mass is 32.2. The van der Waals surface area contributed by atoms with Gasteiger partial charge in [-0.25, -0.2) is 8.42 Å². The van der Waals surface area contributed by atoms with E-state index in [1.54, 1.807) is 24.3 Å². The Balaban J connectivity index is 2.91. The molecule has 4 heteroatoms. The van der Waals surface area contributed by atoms with E-state index < -0.39 is 15.1 Å². The lowest BCUT2D eigenvalue weighted by Gasteiger charge is -2.16. The van der Waals surface area contributed by atoms with Crippen LogP contribution in [0.2, 0.25) is 0 Å². The average Bonchev–Trinajstić information content (AvgIpc) is 2.82. The average molecular weight is 513 g/mol. The van der Waals surface area contributed by atoms with Crippen LogP contribution in [-0.2, 0) is 9.84 Å². The maximum atomic E-state index is 13.5. The number of sulfone groups is 1. The zero-order valence-electron chi connectivity index (χ0n) is 23.4. The highest BCUT2D eigenvalue weighted by molar-refractivity contribution is 7.92. The monoisotopic (exact) mass is 512 g/mol. The van der Waals surface area contributed by atoms with Crippen molar-refractivity contribution in [2.45, 2.75) is 103 Å². The second kappa shape index (κ2) is 17.3. The van der Waals surface area contributed by atoms with Crippen molar-refractivity contribution < 1.29 is 13.5 Å². The molecule has 3 nitrogen and oxygen atoms in total. The molecule has 1 aromatic carbocycles. The fraction of sp³-hybridized carbons (Fsp3) is 0.500. The normalized spacial score (nSPS) is 14.6. The lowest BCUT2D eigenvalue weighted by atomic mass is 10.0. The van der Waals surface area contributed by atoms with E-state index in [1.807, 2.05) is 25.1 Å². The zero-order chi connectivity index (χ0) is 27.0. The molecular weight excluding hydrogens is 464 g/mol. The zero-order valence-corrected chi connectivity index (χ0v) is 24.2. The summed E-state index contributed by atoms with van der Waals surface area (Å²) < 4.78 is 27.0. The standard InChI is InChI=1S/C32H48O3S/c1-26(2)13-10-14-27(3)15-12-18-30(6)25-32(36(34,35)31-19-8-7-9-20-31)22-21-28(4)16-11-17-29(5)23-24-33/h7-9,13,15-16,19-20,23,25,32-33H,10-12,14,17-18,21-22,24H2,1-6H3/b27-15+,28-16+,29-23+,30-25+. The maximum Gasteiger partial charge on any atom is 0.184 e. The van der Waals surface area contributed by atoms with Crippen LogP contribution in [0.4, 0.5) is 0 Å². The molecule has 0 bridgehead atoms. The minimum atomic E-state index is -3.46. The topological polar surface area (TPSA) is 54.4 Å². The van der Waals surface area contributed by atoms with Crippen LogP contribution in [0.25, 0.3) is 0 Å². The van der Waals surface area contributed by atoms with Crippen molar-refractivity contribution in [2.24, 2.45) is 0 Å². The molecule has 0 amide bonds. The largest absolute Gasteiger partial charge is 0.392 e. The number of benzene rings is 1. The number of allylic oxidation sites excluding steroid dienone is 8. The van der Waals surface area contributed by atoms with Crippen LogP contribution >= 0.6 is 0 Å². The molecule has 0 aliphatic heterocycles. The van der Waals surface area contributed by atoms with Crippen molar-refractivity contribution in [3.63, 3.8) is 0 Å². The van der Waals surface area contributed by atoms with Gasteiger partial charge in [-0.15, -0.1) is 0 Å². The summed E-state index contributed by atoms with van der Waals surface area (Å²) in [5.41, 5.74) is 6.25. The smallest absolute Gasteiger partial charge is 0.184 e. The van der Waals surface area contributed by atoms with E-state index in [4.69, 9.17) is 5.11 Å². The van der Waals surface area contributed by atoms with Crippen LogP contribution in [-0.4, -0.2) is 25.4 Å². The van der Waals surface area contributed by atoms with Gasteiger partial charge in [-0.2, -0.15) is 0 Å². The Bertz CT molecular complexity index is 1030. The molecule has 1 unspecified atom stereocenters. The molecule has 0 heterocycles. The Labute approximate surface area is 221 Å². The van der Waals surface area contributed by atoms with E-state index in [1.165, 1.54) is 22.3 Å². The number of hydrogen-bond acceptors (Lipinski definition) is 3. The lowest BCUT2D eigenvalue weighted by Crippen LogP contribution is -2.20. The van der Waals surface area contributed by atoms with Gasteiger partial charge in [0.25, 0.3) is 0 Å². The summed E-state index contributed by atoms with van der Waals surface area (Å²) in [6.07, 6.45) is 17.6.